The Bertz CT molecular complexity index is 869. The minimum atomic E-state index is -0.554. The molecule has 27 heavy (non-hydrogen) atoms. The molecule has 4 rings (SSSR count). The van der Waals surface area contributed by atoms with E-state index in [2.05, 4.69) is 35.6 Å². The fraction of sp³-hybridized carbons (Fsp3) is 0.412. The van der Waals surface area contributed by atoms with Crippen LogP contribution in [0.3, 0.4) is 0 Å². The van der Waals surface area contributed by atoms with Crippen molar-refractivity contribution in [1.29, 1.82) is 0 Å². The van der Waals surface area contributed by atoms with Crippen LogP contribution >= 0.6 is 0 Å². The summed E-state index contributed by atoms with van der Waals surface area (Å²) in [6.07, 6.45) is 1.51. The first-order valence-corrected chi connectivity index (χ1v) is 8.87. The Morgan fingerprint density at radius 3 is 2.59 bits per heavy atom. The normalized spacial score (nSPS) is 16.4. The van der Waals surface area contributed by atoms with Gasteiger partial charge in [-0.2, -0.15) is 5.10 Å². The highest BCUT2D eigenvalue weighted by Crippen LogP contribution is 2.22. The van der Waals surface area contributed by atoms with Crippen LogP contribution in [0.1, 0.15) is 23.3 Å². The largest absolute Gasteiger partial charge is 0.338 e. The van der Waals surface area contributed by atoms with E-state index < -0.39 is 6.04 Å². The Balaban J connectivity index is 1.49. The number of benzene rings is 1. The van der Waals surface area contributed by atoms with Crippen LogP contribution in [0.5, 0.6) is 0 Å². The zero-order chi connectivity index (χ0) is 18.6. The Morgan fingerprint density at radius 1 is 1.19 bits per heavy atom. The van der Waals surface area contributed by atoms with Crippen LogP contribution in [0.2, 0.25) is 0 Å². The highest BCUT2D eigenvalue weighted by molar-refractivity contribution is 5.83. The summed E-state index contributed by atoms with van der Waals surface area (Å²) in [5.41, 5.74) is 0.877. The van der Waals surface area contributed by atoms with E-state index in [4.69, 9.17) is 0 Å². The lowest BCUT2D eigenvalue weighted by Gasteiger charge is -2.36. The van der Waals surface area contributed by atoms with Gasteiger partial charge in [0.15, 0.2) is 6.04 Å². The first-order valence-electron chi connectivity index (χ1n) is 8.87. The number of nitrogens with one attached hydrogen (secondary N) is 1. The summed E-state index contributed by atoms with van der Waals surface area (Å²) in [5.74, 6) is 1.46. The molecule has 1 aromatic carbocycles. The summed E-state index contributed by atoms with van der Waals surface area (Å²) in [4.78, 5) is 21.6. The molecule has 1 saturated heterocycles. The third-order valence-electron chi connectivity index (χ3n) is 4.77. The fourth-order valence-electron chi connectivity index (χ4n) is 3.32. The number of carbonyl (C=O) groups is 1. The molecule has 1 atom stereocenters. The van der Waals surface area contributed by atoms with Crippen molar-refractivity contribution < 1.29 is 4.79 Å². The van der Waals surface area contributed by atoms with E-state index in [0.717, 1.165) is 24.5 Å². The highest BCUT2D eigenvalue weighted by atomic mass is 16.2. The molecule has 10 heteroatoms. The van der Waals surface area contributed by atoms with Gasteiger partial charge in [-0.25, -0.2) is 9.67 Å². The quantitative estimate of drug-likeness (QED) is 0.678. The minimum absolute atomic E-state index is 0.0101. The van der Waals surface area contributed by atoms with Gasteiger partial charge in [-0.15, -0.1) is 5.10 Å². The van der Waals surface area contributed by atoms with Gasteiger partial charge in [-0.1, -0.05) is 30.3 Å². The molecule has 3 aromatic rings. The lowest BCUT2D eigenvalue weighted by Crippen LogP contribution is -2.50. The number of tetrazole rings is 1. The molecule has 1 amide bonds. The van der Waals surface area contributed by atoms with Crippen molar-refractivity contribution in [2.24, 2.45) is 0 Å². The number of aryl methyl sites for hydroxylation is 1. The monoisotopic (exact) mass is 367 g/mol. The molecule has 1 unspecified atom stereocenters. The number of hydrogen-bond acceptors (Lipinski definition) is 7. The molecule has 1 aliphatic heterocycles. The second kappa shape index (κ2) is 7.62. The van der Waals surface area contributed by atoms with Crippen molar-refractivity contribution in [3.05, 3.63) is 53.9 Å². The summed E-state index contributed by atoms with van der Waals surface area (Å²) in [6.45, 7) is 5.37. The lowest BCUT2D eigenvalue weighted by atomic mass is 10.1. The molecule has 0 bridgehead atoms. The number of hydrogen-bond donors (Lipinski definition) is 1. The standard InChI is InChI=1S/C17H21N9O/c1-13-20-22-23-26(13)16(14-5-3-2-4-6-14)17(27)25-9-7-24(8-10-25)11-15-18-12-19-21-15/h2-6,12,16H,7-11H2,1H3,(H,18,19,21). The van der Waals surface area contributed by atoms with Gasteiger partial charge < -0.3 is 4.90 Å². The Morgan fingerprint density at radius 2 is 1.96 bits per heavy atom. The van der Waals surface area contributed by atoms with Gasteiger partial charge in [-0.3, -0.25) is 14.8 Å². The van der Waals surface area contributed by atoms with Gasteiger partial charge in [0.25, 0.3) is 5.91 Å². The number of carbonyl (C=O) groups excluding carboxylic acids is 1. The smallest absolute Gasteiger partial charge is 0.252 e. The number of aromatic amines is 1. The van der Waals surface area contributed by atoms with Crippen molar-refractivity contribution in [1.82, 2.24) is 45.2 Å². The summed E-state index contributed by atoms with van der Waals surface area (Å²) in [6, 6.07) is 9.09. The van der Waals surface area contributed by atoms with Crippen molar-refractivity contribution >= 4 is 5.91 Å². The highest BCUT2D eigenvalue weighted by Gasteiger charge is 2.31. The molecule has 0 radical (unpaired) electrons. The van der Waals surface area contributed by atoms with Crippen molar-refractivity contribution in [3.8, 4) is 0 Å². The van der Waals surface area contributed by atoms with Gasteiger partial charge in [-0.05, 0) is 22.9 Å². The summed E-state index contributed by atoms with van der Waals surface area (Å²) >= 11 is 0. The summed E-state index contributed by atoms with van der Waals surface area (Å²) in [7, 11) is 0. The van der Waals surface area contributed by atoms with E-state index in [1.807, 2.05) is 35.2 Å². The number of nitrogens with zero attached hydrogens (tertiary/aromatic N) is 8. The zero-order valence-corrected chi connectivity index (χ0v) is 15.1. The fourth-order valence-corrected chi connectivity index (χ4v) is 3.32. The van der Waals surface area contributed by atoms with Gasteiger partial charge in [0.2, 0.25) is 0 Å². The molecule has 0 saturated carbocycles. The van der Waals surface area contributed by atoms with Crippen molar-refractivity contribution in [3.63, 3.8) is 0 Å². The molecule has 3 heterocycles. The topological polar surface area (TPSA) is 109 Å². The van der Waals surface area contributed by atoms with E-state index in [0.29, 0.717) is 25.5 Å². The average molecular weight is 367 g/mol. The van der Waals surface area contributed by atoms with Crippen LogP contribution in [0.25, 0.3) is 0 Å². The maximum Gasteiger partial charge on any atom is 0.252 e. The number of H-pyrrole nitrogens is 1. The molecule has 2 aromatic heterocycles. The third-order valence-corrected chi connectivity index (χ3v) is 4.77. The number of aromatic nitrogens is 7. The molecule has 1 N–H and O–H groups in total. The molecule has 0 spiro atoms. The molecule has 10 nitrogen and oxygen atoms in total. The first kappa shape index (κ1) is 17.3. The second-order valence-corrected chi connectivity index (χ2v) is 6.52. The van der Waals surface area contributed by atoms with E-state index in [1.54, 1.807) is 11.6 Å². The van der Waals surface area contributed by atoms with Gasteiger partial charge >= 0.3 is 0 Å². The molecule has 1 aliphatic rings. The van der Waals surface area contributed by atoms with Crippen LogP contribution in [0.15, 0.2) is 36.7 Å². The first-order chi connectivity index (χ1) is 13.2. The number of piperazine rings is 1. The predicted octanol–water partition coefficient (Wildman–Crippen LogP) is 0.0334. The van der Waals surface area contributed by atoms with E-state index in [-0.39, 0.29) is 5.91 Å². The van der Waals surface area contributed by atoms with Crippen molar-refractivity contribution in [2.45, 2.75) is 19.5 Å². The second-order valence-electron chi connectivity index (χ2n) is 6.52. The maximum absolute atomic E-state index is 13.3. The van der Waals surface area contributed by atoms with Crippen LogP contribution in [-0.2, 0) is 11.3 Å². The lowest BCUT2D eigenvalue weighted by molar-refractivity contribution is -0.135. The van der Waals surface area contributed by atoms with E-state index in [9.17, 15) is 4.79 Å². The van der Waals surface area contributed by atoms with E-state index in [1.165, 1.54) is 6.33 Å². The van der Waals surface area contributed by atoms with Crippen LogP contribution in [0, 0.1) is 6.92 Å². The van der Waals surface area contributed by atoms with Crippen LogP contribution in [0.4, 0.5) is 0 Å². The molecule has 140 valence electrons. The molecular formula is C17H21N9O. The maximum atomic E-state index is 13.3. The Labute approximate surface area is 156 Å². The zero-order valence-electron chi connectivity index (χ0n) is 15.1. The molecule has 0 aliphatic carbocycles. The van der Waals surface area contributed by atoms with Crippen molar-refractivity contribution in [2.75, 3.05) is 26.2 Å². The van der Waals surface area contributed by atoms with Gasteiger partial charge in [0, 0.05) is 26.2 Å². The average Bonchev–Trinajstić information content (AvgIpc) is 3.36. The summed E-state index contributed by atoms with van der Waals surface area (Å²) < 4.78 is 1.60. The SMILES string of the molecule is Cc1nnnn1C(C(=O)N1CCN(Cc2ncn[nH]2)CC1)c1ccccc1. The van der Waals surface area contributed by atoms with Gasteiger partial charge in [0.1, 0.15) is 18.0 Å². The predicted molar refractivity (Wildman–Crippen MR) is 95.4 cm³/mol. The number of rotatable bonds is 5. The number of amides is 1. The van der Waals surface area contributed by atoms with E-state index >= 15 is 0 Å². The molecular weight excluding hydrogens is 346 g/mol. The molecule has 1 fully saturated rings. The summed E-state index contributed by atoms with van der Waals surface area (Å²) in [5, 5.41) is 18.5. The Hall–Kier alpha value is -3.14. The Kier molecular flexibility index (Phi) is 4.88. The van der Waals surface area contributed by atoms with Crippen LogP contribution in [-0.4, -0.2) is 77.3 Å². The van der Waals surface area contributed by atoms with Crippen LogP contribution < -0.4 is 0 Å². The third kappa shape index (κ3) is 3.70. The minimum Gasteiger partial charge on any atom is -0.338 e. The van der Waals surface area contributed by atoms with Gasteiger partial charge in [0.05, 0.1) is 6.54 Å².